The Bertz CT molecular complexity index is 223. The summed E-state index contributed by atoms with van der Waals surface area (Å²) >= 11 is 6.13. The van der Waals surface area contributed by atoms with Crippen molar-refractivity contribution in [3.05, 3.63) is 35.9 Å². The third-order valence-corrected chi connectivity index (χ3v) is 2.35. The molecule has 0 aliphatic carbocycles. The van der Waals surface area contributed by atoms with Crippen LogP contribution in [0.3, 0.4) is 0 Å². The molecule has 0 aromatic heterocycles. The van der Waals surface area contributed by atoms with Gasteiger partial charge >= 0.3 is 0 Å². The Kier molecular flexibility index (Phi) is 4.87. The average Bonchev–Trinajstić information content (AvgIpc) is 2.19. The van der Waals surface area contributed by atoms with E-state index in [1.54, 1.807) is 0 Å². The van der Waals surface area contributed by atoms with Crippen LogP contribution >= 0.6 is 11.6 Å². The first kappa shape index (κ1) is 10.6. The van der Waals surface area contributed by atoms with E-state index in [1.807, 2.05) is 30.3 Å². The van der Waals surface area contributed by atoms with E-state index < -0.39 is 0 Å². The maximum Gasteiger partial charge on any atom is 0.108 e. The van der Waals surface area contributed by atoms with Crippen molar-refractivity contribution in [2.75, 3.05) is 6.54 Å². The predicted octanol–water partition coefficient (Wildman–Crippen LogP) is 3.31. The molecule has 1 nitrogen and oxygen atoms in total. The van der Waals surface area contributed by atoms with E-state index in [9.17, 15) is 0 Å². The van der Waals surface area contributed by atoms with E-state index in [2.05, 4.69) is 12.2 Å². The molecule has 0 amide bonds. The minimum absolute atomic E-state index is 0.0484. The van der Waals surface area contributed by atoms with Gasteiger partial charge in [-0.1, -0.05) is 43.7 Å². The molecule has 0 saturated heterocycles. The lowest BCUT2D eigenvalue weighted by Gasteiger charge is -2.11. The molecule has 1 rings (SSSR count). The minimum atomic E-state index is -0.0484. The van der Waals surface area contributed by atoms with Crippen LogP contribution in [0.5, 0.6) is 0 Å². The molecule has 0 radical (unpaired) electrons. The van der Waals surface area contributed by atoms with Gasteiger partial charge in [-0.2, -0.15) is 0 Å². The van der Waals surface area contributed by atoms with E-state index in [1.165, 1.54) is 12.8 Å². The Morgan fingerprint density at radius 3 is 2.62 bits per heavy atom. The van der Waals surface area contributed by atoms with Gasteiger partial charge in [-0.15, -0.1) is 11.6 Å². The number of nitrogens with one attached hydrogen (secondary N) is 1. The standard InChI is InChI=1S/C11H16ClN/c1-2-3-9-13-11(12)10-7-5-4-6-8-10/h4-8,11,13H,2-3,9H2,1H3. The fraction of sp³-hybridized carbons (Fsp3) is 0.455. The number of hydrogen-bond acceptors (Lipinski definition) is 1. The number of hydrogen-bond donors (Lipinski definition) is 1. The number of benzene rings is 1. The summed E-state index contributed by atoms with van der Waals surface area (Å²) in [4.78, 5) is 0. The van der Waals surface area contributed by atoms with Gasteiger partial charge in [0.25, 0.3) is 0 Å². The number of unbranched alkanes of at least 4 members (excludes halogenated alkanes) is 1. The van der Waals surface area contributed by atoms with Crippen LogP contribution in [0.2, 0.25) is 0 Å². The van der Waals surface area contributed by atoms with Gasteiger partial charge in [0, 0.05) is 0 Å². The zero-order chi connectivity index (χ0) is 9.52. The molecule has 0 aliphatic rings. The second-order valence-electron chi connectivity index (χ2n) is 3.08. The molecule has 1 aromatic carbocycles. The van der Waals surface area contributed by atoms with Gasteiger partial charge in [0.05, 0.1) is 0 Å². The highest BCUT2D eigenvalue weighted by Crippen LogP contribution is 2.15. The van der Waals surface area contributed by atoms with Crippen LogP contribution in [0.25, 0.3) is 0 Å². The zero-order valence-corrected chi connectivity index (χ0v) is 8.72. The average molecular weight is 198 g/mol. The lowest BCUT2D eigenvalue weighted by atomic mass is 10.2. The van der Waals surface area contributed by atoms with Crippen molar-refractivity contribution in [2.45, 2.75) is 25.3 Å². The van der Waals surface area contributed by atoms with Crippen molar-refractivity contribution in [3.63, 3.8) is 0 Å². The van der Waals surface area contributed by atoms with Gasteiger partial charge in [-0.05, 0) is 18.5 Å². The second-order valence-corrected chi connectivity index (χ2v) is 3.52. The lowest BCUT2D eigenvalue weighted by Crippen LogP contribution is -2.17. The molecular formula is C11H16ClN. The second kappa shape index (κ2) is 6.01. The van der Waals surface area contributed by atoms with E-state index in [-0.39, 0.29) is 5.50 Å². The Hall–Kier alpha value is -0.530. The van der Waals surface area contributed by atoms with Crippen molar-refractivity contribution < 1.29 is 0 Å². The predicted molar refractivity (Wildman–Crippen MR) is 57.9 cm³/mol. The summed E-state index contributed by atoms with van der Waals surface area (Å²) in [7, 11) is 0. The van der Waals surface area contributed by atoms with Crippen molar-refractivity contribution in [1.29, 1.82) is 0 Å². The van der Waals surface area contributed by atoms with Crippen molar-refractivity contribution >= 4 is 11.6 Å². The molecule has 1 unspecified atom stereocenters. The van der Waals surface area contributed by atoms with E-state index >= 15 is 0 Å². The van der Waals surface area contributed by atoms with Crippen molar-refractivity contribution in [3.8, 4) is 0 Å². The number of halogens is 1. The quantitative estimate of drug-likeness (QED) is 0.434. The van der Waals surface area contributed by atoms with Crippen LogP contribution in [0, 0.1) is 0 Å². The van der Waals surface area contributed by atoms with Gasteiger partial charge < -0.3 is 0 Å². The van der Waals surface area contributed by atoms with Gasteiger partial charge in [-0.25, -0.2) is 0 Å². The minimum Gasteiger partial charge on any atom is -0.298 e. The summed E-state index contributed by atoms with van der Waals surface area (Å²) in [6, 6.07) is 10.1. The molecule has 0 fully saturated rings. The van der Waals surface area contributed by atoms with Gasteiger partial charge in [-0.3, -0.25) is 5.32 Å². The fourth-order valence-electron chi connectivity index (χ4n) is 1.15. The highest BCUT2D eigenvalue weighted by atomic mass is 35.5. The first-order valence-electron chi connectivity index (χ1n) is 4.77. The first-order valence-corrected chi connectivity index (χ1v) is 5.20. The Labute approximate surface area is 85.1 Å². The normalized spacial score (nSPS) is 12.8. The summed E-state index contributed by atoms with van der Waals surface area (Å²) < 4.78 is 0. The maximum absolute atomic E-state index is 6.13. The monoisotopic (exact) mass is 197 g/mol. The number of alkyl halides is 1. The summed E-state index contributed by atoms with van der Waals surface area (Å²) in [5.74, 6) is 0. The first-order chi connectivity index (χ1) is 6.34. The van der Waals surface area contributed by atoms with E-state index in [4.69, 9.17) is 11.6 Å². The third-order valence-electron chi connectivity index (χ3n) is 1.95. The molecule has 0 saturated carbocycles. The molecule has 0 heterocycles. The van der Waals surface area contributed by atoms with Crippen LogP contribution in [-0.4, -0.2) is 6.54 Å². The molecule has 2 heteroatoms. The van der Waals surface area contributed by atoms with Crippen LogP contribution in [0.4, 0.5) is 0 Å². The molecule has 72 valence electrons. The lowest BCUT2D eigenvalue weighted by molar-refractivity contribution is 0.625. The summed E-state index contributed by atoms with van der Waals surface area (Å²) in [5.41, 5.74) is 1.09. The molecule has 1 atom stereocenters. The van der Waals surface area contributed by atoms with Crippen molar-refractivity contribution in [1.82, 2.24) is 5.32 Å². The van der Waals surface area contributed by atoms with Gasteiger partial charge in [0.15, 0.2) is 0 Å². The topological polar surface area (TPSA) is 12.0 Å². The molecule has 13 heavy (non-hydrogen) atoms. The summed E-state index contributed by atoms with van der Waals surface area (Å²) in [5, 5.41) is 3.27. The van der Waals surface area contributed by atoms with Crippen LogP contribution in [0.1, 0.15) is 30.8 Å². The highest BCUT2D eigenvalue weighted by Gasteiger charge is 2.03. The van der Waals surface area contributed by atoms with Gasteiger partial charge in [0.2, 0.25) is 0 Å². The van der Waals surface area contributed by atoms with E-state index in [0.29, 0.717) is 0 Å². The third kappa shape index (κ3) is 3.79. The maximum atomic E-state index is 6.13. The molecular weight excluding hydrogens is 182 g/mol. The molecule has 0 bridgehead atoms. The smallest absolute Gasteiger partial charge is 0.108 e. The zero-order valence-electron chi connectivity index (χ0n) is 7.96. The number of rotatable bonds is 5. The molecule has 1 N–H and O–H groups in total. The van der Waals surface area contributed by atoms with Crippen LogP contribution in [-0.2, 0) is 0 Å². The summed E-state index contributed by atoms with van der Waals surface area (Å²) in [6.07, 6.45) is 2.38. The van der Waals surface area contributed by atoms with E-state index in [0.717, 1.165) is 12.1 Å². The molecule has 1 aromatic rings. The highest BCUT2D eigenvalue weighted by molar-refractivity contribution is 6.20. The Balaban J connectivity index is 2.35. The Morgan fingerprint density at radius 1 is 1.31 bits per heavy atom. The van der Waals surface area contributed by atoms with Gasteiger partial charge in [0.1, 0.15) is 5.50 Å². The molecule has 0 aliphatic heterocycles. The Morgan fingerprint density at radius 2 is 2.00 bits per heavy atom. The van der Waals surface area contributed by atoms with Crippen LogP contribution < -0.4 is 5.32 Å². The fourth-order valence-corrected chi connectivity index (χ4v) is 1.40. The van der Waals surface area contributed by atoms with Crippen LogP contribution in [0.15, 0.2) is 30.3 Å². The summed E-state index contributed by atoms with van der Waals surface area (Å²) in [6.45, 7) is 3.16. The van der Waals surface area contributed by atoms with Crippen molar-refractivity contribution in [2.24, 2.45) is 0 Å². The SMILES string of the molecule is CCCCNC(Cl)c1ccccc1. The molecule has 0 spiro atoms. The largest absolute Gasteiger partial charge is 0.298 e.